The summed E-state index contributed by atoms with van der Waals surface area (Å²) in [6.45, 7) is 2.05. The quantitative estimate of drug-likeness (QED) is 0.639. The molecule has 0 atom stereocenters. The predicted octanol–water partition coefficient (Wildman–Crippen LogP) is 1.24. The number of pyridine rings is 1. The molecular formula is C11H12N5S+. The highest BCUT2D eigenvalue weighted by Gasteiger charge is 2.13. The average molecular weight is 246 g/mol. The van der Waals surface area contributed by atoms with Crippen molar-refractivity contribution in [2.45, 2.75) is 13.3 Å². The largest absolute Gasteiger partial charge is 0.234 e. The van der Waals surface area contributed by atoms with Gasteiger partial charge in [-0.15, -0.1) is 10.2 Å². The first-order valence-corrected chi connectivity index (χ1v) is 6.26. The Morgan fingerprint density at radius 2 is 2.29 bits per heavy atom. The fourth-order valence-corrected chi connectivity index (χ4v) is 2.56. The molecule has 0 saturated heterocycles. The van der Waals surface area contributed by atoms with E-state index in [1.807, 2.05) is 28.4 Å². The lowest BCUT2D eigenvalue weighted by Gasteiger charge is -1.92. The third kappa shape index (κ3) is 1.70. The molecule has 0 aliphatic heterocycles. The van der Waals surface area contributed by atoms with Gasteiger partial charge in [-0.3, -0.25) is 0 Å². The van der Waals surface area contributed by atoms with Gasteiger partial charge in [0.2, 0.25) is 4.96 Å². The minimum atomic E-state index is 0.840. The number of aromatic nitrogens is 5. The minimum absolute atomic E-state index is 0.840. The monoisotopic (exact) mass is 246 g/mol. The van der Waals surface area contributed by atoms with Crippen molar-refractivity contribution in [3.8, 4) is 10.6 Å². The summed E-state index contributed by atoms with van der Waals surface area (Å²) < 4.78 is 3.84. The number of nitrogens with zero attached hydrogens (tertiary/aromatic N) is 5. The van der Waals surface area contributed by atoms with Crippen LogP contribution >= 0.6 is 11.3 Å². The van der Waals surface area contributed by atoms with Gasteiger partial charge in [0, 0.05) is 12.5 Å². The zero-order chi connectivity index (χ0) is 11.8. The maximum Gasteiger partial charge on any atom is 0.234 e. The van der Waals surface area contributed by atoms with Crippen molar-refractivity contribution in [1.29, 1.82) is 0 Å². The summed E-state index contributed by atoms with van der Waals surface area (Å²) in [4.78, 5) is 0.850. The number of fused-ring (bicyclic) bond motifs is 1. The van der Waals surface area contributed by atoms with Gasteiger partial charge in [0.05, 0.1) is 5.56 Å². The van der Waals surface area contributed by atoms with Crippen LogP contribution in [0.1, 0.15) is 12.7 Å². The first-order valence-electron chi connectivity index (χ1n) is 5.44. The molecule has 0 fully saturated rings. The van der Waals surface area contributed by atoms with Gasteiger partial charge in [-0.1, -0.05) is 18.3 Å². The van der Waals surface area contributed by atoms with Crippen LogP contribution < -0.4 is 4.57 Å². The SMILES string of the molecule is CCc1nnc2sc(-c3ccc[n+](C)c3)nn12. The van der Waals surface area contributed by atoms with Crippen LogP contribution in [0.4, 0.5) is 0 Å². The second-order valence-corrected chi connectivity index (χ2v) is 4.79. The van der Waals surface area contributed by atoms with Gasteiger partial charge >= 0.3 is 0 Å². The van der Waals surface area contributed by atoms with Crippen molar-refractivity contribution >= 4 is 16.3 Å². The molecule has 3 aromatic rings. The molecule has 3 aromatic heterocycles. The van der Waals surface area contributed by atoms with Crippen LogP contribution in [-0.4, -0.2) is 19.8 Å². The summed E-state index contributed by atoms with van der Waals surface area (Å²) in [6, 6.07) is 4.07. The van der Waals surface area contributed by atoms with E-state index in [1.54, 1.807) is 11.3 Å². The fourth-order valence-electron chi connectivity index (χ4n) is 1.71. The Morgan fingerprint density at radius 1 is 1.41 bits per heavy atom. The van der Waals surface area contributed by atoms with Crippen LogP contribution in [0.3, 0.4) is 0 Å². The summed E-state index contributed by atoms with van der Waals surface area (Å²) in [7, 11) is 2.00. The van der Waals surface area contributed by atoms with Crippen molar-refractivity contribution in [2.75, 3.05) is 0 Å². The highest BCUT2D eigenvalue weighted by atomic mass is 32.1. The van der Waals surface area contributed by atoms with Crippen LogP contribution in [0, 0.1) is 0 Å². The zero-order valence-corrected chi connectivity index (χ0v) is 10.5. The van der Waals surface area contributed by atoms with E-state index < -0.39 is 0 Å². The van der Waals surface area contributed by atoms with E-state index in [1.165, 1.54) is 0 Å². The third-order valence-corrected chi connectivity index (χ3v) is 3.51. The van der Waals surface area contributed by atoms with Crippen LogP contribution in [-0.2, 0) is 13.5 Å². The van der Waals surface area contributed by atoms with Crippen LogP contribution in [0.25, 0.3) is 15.5 Å². The van der Waals surface area contributed by atoms with E-state index in [0.717, 1.165) is 27.8 Å². The Balaban J connectivity index is 2.15. The van der Waals surface area contributed by atoms with Crippen molar-refractivity contribution in [1.82, 2.24) is 19.8 Å². The zero-order valence-electron chi connectivity index (χ0n) is 9.66. The lowest BCUT2D eigenvalue weighted by atomic mass is 10.3. The molecule has 3 heterocycles. The number of aryl methyl sites for hydroxylation is 2. The Labute approximate surface area is 102 Å². The number of hydrogen-bond acceptors (Lipinski definition) is 4. The van der Waals surface area contributed by atoms with Gasteiger partial charge in [-0.25, -0.2) is 4.57 Å². The summed E-state index contributed by atoms with van der Waals surface area (Å²) in [5.74, 6) is 0.905. The molecule has 0 unspecified atom stereocenters. The fraction of sp³-hybridized carbons (Fsp3) is 0.273. The summed E-state index contributed by atoms with van der Waals surface area (Å²) >= 11 is 1.56. The normalized spacial score (nSPS) is 11.2. The van der Waals surface area contributed by atoms with Crippen molar-refractivity contribution in [2.24, 2.45) is 7.05 Å². The van der Waals surface area contributed by atoms with Crippen LogP contribution in [0.5, 0.6) is 0 Å². The molecule has 0 aliphatic rings. The Bertz CT molecular complexity index is 669. The highest BCUT2D eigenvalue weighted by Crippen LogP contribution is 2.24. The molecule has 0 bridgehead atoms. The summed E-state index contributed by atoms with van der Waals surface area (Å²) in [5.41, 5.74) is 1.10. The number of rotatable bonds is 2. The standard InChI is InChI=1S/C11H12N5S/c1-3-9-12-13-11-16(9)14-10(17-11)8-5-4-6-15(2)7-8/h4-7H,3H2,1-2H3/q+1. The lowest BCUT2D eigenvalue weighted by molar-refractivity contribution is -0.671. The molecule has 0 radical (unpaired) electrons. The second-order valence-electron chi connectivity index (χ2n) is 3.83. The summed E-state index contributed by atoms with van der Waals surface area (Å²) in [5, 5.41) is 13.7. The van der Waals surface area contributed by atoms with Crippen LogP contribution in [0.15, 0.2) is 24.5 Å². The molecule has 0 aromatic carbocycles. The molecule has 17 heavy (non-hydrogen) atoms. The van der Waals surface area contributed by atoms with Gasteiger partial charge in [0.1, 0.15) is 7.05 Å². The van der Waals surface area contributed by atoms with E-state index in [0.29, 0.717) is 0 Å². The first kappa shape index (κ1) is 10.3. The highest BCUT2D eigenvalue weighted by molar-refractivity contribution is 7.19. The second kappa shape index (κ2) is 3.89. The van der Waals surface area contributed by atoms with Crippen molar-refractivity contribution in [3.63, 3.8) is 0 Å². The molecule has 6 heteroatoms. The lowest BCUT2D eigenvalue weighted by Crippen LogP contribution is -2.26. The Hall–Kier alpha value is -1.82. The van der Waals surface area contributed by atoms with E-state index in [2.05, 4.69) is 34.5 Å². The molecule has 86 valence electrons. The maximum atomic E-state index is 4.55. The maximum absolute atomic E-state index is 4.55. The summed E-state index contributed by atoms with van der Waals surface area (Å²) in [6.07, 6.45) is 4.89. The number of hydrogen-bond donors (Lipinski definition) is 0. The van der Waals surface area contributed by atoms with Gasteiger partial charge in [-0.2, -0.15) is 9.61 Å². The average Bonchev–Trinajstić information content (AvgIpc) is 2.87. The topological polar surface area (TPSA) is 47.0 Å². The van der Waals surface area contributed by atoms with Crippen LogP contribution in [0.2, 0.25) is 0 Å². The van der Waals surface area contributed by atoms with Gasteiger partial charge < -0.3 is 0 Å². The molecule has 0 amide bonds. The molecule has 0 N–H and O–H groups in total. The molecule has 5 nitrogen and oxygen atoms in total. The molecule has 3 rings (SSSR count). The predicted molar refractivity (Wildman–Crippen MR) is 64.6 cm³/mol. The van der Waals surface area contributed by atoms with E-state index in [9.17, 15) is 0 Å². The van der Waals surface area contributed by atoms with Gasteiger partial charge in [-0.05, 0) is 6.07 Å². The smallest absolute Gasteiger partial charge is 0.207 e. The molecule has 0 saturated carbocycles. The Kier molecular flexibility index (Phi) is 2.36. The molecule has 0 aliphatic carbocycles. The van der Waals surface area contributed by atoms with E-state index in [4.69, 9.17) is 0 Å². The third-order valence-electron chi connectivity index (χ3n) is 2.56. The van der Waals surface area contributed by atoms with E-state index in [-0.39, 0.29) is 0 Å². The Morgan fingerprint density at radius 3 is 3.06 bits per heavy atom. The van der Waals surface area contributed by atoms with Gasteiger partial charge in [0.15, 0.2) is 23.2 Å². The van der Waals surface area contributed by atoms with Crippen molar-refractivity contribution in [3.05, 3.63) is 30.4 Å². The minimum Gasteiger partial charge on any atom is -0.207 e. The van der Waals surface area contributed by atoms with Gasteiger partial charge in [0.25, 0.3) is 0 Å². The molecule has 0 spiro atoms. The molecular weight excluding hydrogens is 234 g/mol. The van der Waals surface area contributed by atoms with Crippen molar-refractivity contribution < 1.29 is 4.57 Å². The van der Waals surface area contributed by atoms with E-state index >= 15 is 0 Å². The first-order chi connectivity index (χ1) is 8.28.